The van der Waals surface area contributed by atoms with Crippen LogP contribution in [0.25, 0.3) is 0 Å². The Morgan fingerprint density at radius 1 is 1.00 bits per heavy atom. The number of hydrogen-bond acceptors (Lipinski definition) is 3. The summed E-state index contributed by atoms with van der Waals surface area (Å²) in [5.41, 5.74) is 0.520. The number of carbonyl (C=O) groups excluding carboxylic acids is 2. The Morgan fingerprint density at radius 2 is 1.64 bits per heavy atom. The lowest BCUT2D eigenvalue weighted by Gasteiger charge is -2.13. The third-order valence-electron chi connectivity index (χ3n) is 2.95. The minimum Gasteiger partial charge on any atom is -0.451 e. The third kappa shape index (κ3) is 3.80. The largest absolute Gasteiger partial charge is 0.451 e. The molecule has 2 aromatic rings. The van der Waals surface area contributed by atoms with E-state index in [1.807, 2.05) is 0 Å². The van der Waals surface area contributed by atoms with Crippen LogP contribution >= 0.6 is 34.8 Å². The van der Waals surface area contributed by atoms with Crippen LogP contribution in [0.3, 0.4) is 0 Å². The molecule has 0 aliphatic heterocycles. The Balaban J connectivity index is 2.12. The molecule has 1 atom stereocenters. The van der Waals surface area contributed by atoms with Crippen LogP contribution in [-0.2, 0) is 4.74 Å². The van der Waals surface area contributed by atoms with Crippen molar-refractivity contribution in [1.82, 2.24) is 0 Å². The molecule has 114 valence electrons. The highest BCUT2D eigenvalue weighted by molar-refractivity contribution is 6.43. The number of esters is 1. The van der Waals surface area contributed by atoms with Crippen molar-refractivity contribution >= 4 is 46.6 Å². The van der Waals surface area contributed by atoms with Gasteiger partial charge in [-0.2, -0.15) is 0 Å². The zero-order chi connectivity index (χ0) is 16.3. The summed E-state index contributed by atoms with van der Waals surface area (Å²) < 4.78 is 5.15. The van der Waals surface area contributed by atoms with Gasteiger partial charge in [-0.05, 0) is 43.3 Å². The van der Waals surface area contributed by atoms with Crippen molar-refractivity contribution in [3.63, 3.8) is 0 Å². The minimum atomic E-state index is -0.955. The molecule has 2 aromatic carbocycles. The van der Waals surface area contributed by atoms with Crippen molar-refractivity contribution in [2.75, 3.05) is 0 Å². The van der Waals surface area contributed by atoms with Gasteiger partial charge in [0.1, 0.15) is 0 Å². The van der Waals surface area contributed by atoms with E-state index < -0.39 is 12.1 Å². The number of hydrogen-bond donors (Lipinski definition) is 0. The molecule has 0 saturated carbocycles. The highest BCUT2D eigenvalue weighted by Crippen LogP contribution is 2.26. The van der Waals surface area contributed by atoms with Gasteiger partial charge >= 0.3 is 5.97 Å². The molecule has 0 bridgehead atoms. The summed E-state index contributed by atoms with van der Waals surface area (Å²) in [6, 6.07) is 11.0. The van der Waals surface area contributed by atoms with Crippen LogP contribution in [0, 0.1) is 0 Å². The van der Waals surface area contributed by atoms with Crippen LogP contribution in [-0.4, -0.2) is 17.9 Å². The lowest BCUT2D eigenvalue weighted by Crippen LogP contribution is -2.24. The predicted molar refractivity (Wildman–Crippen MR) is 87.1 cm³/mol. The first kappa shape index (κ1) is 16.8. The SMILES string of the molecule is C[C@H](OC(=O)c1cccc(Cl)c1Cl)C(=O)c1ccc(Cl)cc1. The molecule has 0 radical (unpaired) electrons. The fourth-order valence-corrected chi connectivity index (χ4v) is 2.29. The minimum absolute atomic E-state index is 0.0975. The first-order chi connectivity index (χ1) is 10.4. The van der Waals surface area contributed by atoms with Crippen molar-refractivity contribution in [1.29, 1.82) is 0 Å². The second-order valence-corrected chi connectivity index (χ2v) is 5.74. The number of carbonyl (C=O) groups is 2. The molecule has 0 saturated heterocycles. The number of rotatable bonds is 4. The summed E-state index contributed by atoms with van der Waals surface area (Å²) in [4.78, 5) is 24.3. The number of ether oxygens (including phenoxy) is 1. The maximum Gasteiger partial charge on any atom is 0.340 e. The van der Waals surface area contributed by atoms with Gasteiger partial charge in [0.15, 0.2) is 6.10 Å². The Kier molecular flexibility index (Phi) is 5.46. The second kappa shape index (κ2) is 7.14. The van der Waals surface area contributed by atoms with Crippen LogP contribution < -0.4 is 0 Å². The topological polar surface area (TPSA) is 43.4 Å². The fourth-order valence-electron chi connectivity index (χ4n) is 1.79. The Hall–Kier alpha value is -1.55. The van der Waals surface area contributed by atoms with E-state index in [4.69, 9.17) is 39.5 Å². The average molecular weight is 358 g/mol. The van der Waals surface area contributed by atoms with Crippen molar-refractivity contribution < 1.29 is 14.3 Å². The molecular weight excluding hydrogens is 347 g/mol. The highest BCUT2D eigenvalue weighted by atomic mass is 35.5. The molecule has 22 heavy (non-hydrogen) atoms. The van der Waals surface area contributed by atoms with Crippen molar-refractivity contribution in [2.45, 2.75) is 13.0 Å². The zero-order valence-corrected chi connectivity index (χ0v) is 13.7. The van der Waals surface area contributed by atoms with Crippen LogP contribution in [0.2, 0.25) is 15.1 Å². The standard InChI is InChI=1S/C16H11Cl3O3/c1-9(15(20)10-5-7-11(17)8-6-10)22-16(21)12-3-2-4-13(18)14(12)19/h2-9H,1H3/t9-/m0/s1. The maximum atomic E-state index is 12.2. The molecule has 0 N–H and O–H groups in total. The molecule has 0 aromatic heterocycles. The average Bonchev–Trinajstić information content (AvgIpc) is 2.50. The van der Waals surface area contributed by atoms with E-state index in [1.165, 1.54) is 13.0 Å². The molecular formula is C16H11Cl3O3. The van der Waals surface area contributed by atoms with Crippen LogP contribution in [0.1, 0.15) is 27.6 Å². The molecule has 0 spiro atoms. The molecule has 0 unspecified atom stereocenters. The number of benzene rings is 2. The van der Waals surface area contributed by atoms with E-state index in [9.17, 15) is 9.59 Å². The second-order valence-electron chi connectivity index (χ2n) is 4.52. The van der Waals surface area contributed by atoms with Gasteiger partial charge in [0, 0.05) is 10.6 Å². The predicted octanol–water partition coefficient (Wildman–Crippen LogP) is 5.08. The van der Waals surface area contributed by atoms with Crippen molar-refractivity contribution in [2.24, 2.45) is 0 Å². The zero-order valence-electron chi connectivity index (χ0n) is 11.5. The van der Waals surface area contributed by atoms with Crippen LogP contribution in [0.5, 0.6) is 0 Å². The fraction of sp³-hybridized carbons (Fsp3) is 0.125. The summed E-state index contributed by atoms with van der Waals surface area (Å²) in [6.07, 6.45) is -0.955. The smallest absolute Gasteiger partial charge is 0.340 e. The van der Waals surface area contributed by atoms with E-state index in [-0.39, 0.29) is 21.4 Å². The van der Waals surface area contributed by atoms with Gasteiger partial charge in [0.2, 0.25) is 5.78 Å². The van der Waals surface area contributed by atoms with E-state index in [1.54, 1.807) is 36.4 Å². The lowest BCUT2D eigenvalue weighted by atomic mass is 10.1. The lowest BCUT2D eigenvalue weighted by molar-refractivity contribution is 0.0319. The van der Waals surface area contributed by atoms with Crippen LogP contribution in [0.4, 0.5) is 0 Å². The third-order valence-corrected chi connectivity index (χ3v) is 4.02. The van der Waals surface area contributed by atoms with Gasteiger partial charge in [-0.1, -0.05) is 40.9 Å². The van der Waals surface area contributed by atoms with E-state index >= 15 is 0 Å². The first-order valence-corrected chi connectivity index (χ1v) is 7.48. The first-order valence-electron chi connectivity index (χ1n) is 6.35. The van der Waals surface area contributed by atoms with Gasteiger partial charge in [0.05, 0.1) is 15.6 Å². The maximum absolute atomic E-state index is 12.2. The normalized spacial score (nSPS) is 11.8. The summed E-state index contributed by atoms with van der Waals surface area (Å²) in [5, 5.41) is 0.861. The summed E-state index contributed by atoms with van der Waals surface area (Å²) in [5.74, 6) is -1.04. The Morgan fingerprint density at radius 3 is 2.27 bits per heavy atom. The van der Waals surface area contributed by atoms with Gasteiger partial charge in [-0.25, -0.2) is 4.79 Å². The number of halogens is 3. The van der Waals surface area contributed by atoms with Crippen LogP contribution in [0.15, 0.2) is 42.5 Å². The summed E-state index contributed by atoms with van der Waals surface area (Å²) in [7, 11) is 0. The molecule has 3 nitrogen and oxygen atoms in total. The number of Topliss-reactive ketones (excluding diaryl/α,β-unsaturated/α-hetero) is 1. The quantitative estimate of drug-likeness (QED) is 0.566. The highest BCUT2D eigenvalue weighted by Gasteiger charge is 2.22. The van der Waals surface area contributed by atoms with Gasteiger partial charge in [-0.3, -0.25) is 4.79 Å². The summed E-state index contributed by atoms with van der Waals surface area (Å²) >= 11 is 17.6. The van der Waals surface area contributed by atoms with Crippen molar-refractivity contribution in [3.8, 4) is 0 Å². The molecule has 0 fully saturated rings. The molecule has 0 aliphatic rings. The monoisotopic (exact) mass is 356 g/mol. The van der Waals surface area contributed by atoms with Gasteiger partial charge in [0.25, 0.3) is 0 Å². The van der Waals surface area contributed by atoms with Gasteiger partial charge < -0.3 is 4.74 Å². The van der Waals surface area contributed by atoms with E-state index in [2.05, 4.69) is 0 Å². The Bertz CT molecular complexity index is 711. The summed E-state index contributed by atoms with van der Waals surface area (Å²) in [6.45, 7) is 1.49. The molecule has 6 heteroatoms. The van der Waals surface area contributed by atoms with Crippen molar-refractivity contribution in [3.05, 3.63) is 68.7 Å². The number of ketones is 1. The van der Waals surface area contributed by atoms with E-state index in [0.717, 1.165) is 0 Å². The molecule has 0 heterocycles. The molecule has 0 aliphatic carbocycles. The Labute approximate surface area is 142 Å². The molecule has 0 amide bonds. The van der Waals surface area contributed by atoms with E-state index in [0.29, 0.717) is 10.6 Å². The van der Waals surface area contributed by atoms with Gasteiger partial charge in [-0.15, -0.1) is 0 Å². The molecule has 2 rings (SSSR count).